The summed E-state index contributed by atoms with van der Waals surface area (Å²) in [5, 5.41) is 0.659. The van der Waals surface area contributed by atoms with Gasteiger partial charge < -0.3 is 4.74 Å². The van der Waals surface area contributed by atoms with Crippen LogP contribution in [0.1, 0.15) is 5.56 Å². The molecular formula is C13H13BrO2. The first-order valence-corrected chi connectivity index (χ1v) is 6.07. The van der Waals surface area contributed by atoms with E-state index in [1.54, 1.807) is 6.08 Å². The number of alkyl halides is 1. The maximum absolute atomic E-state index is 11.0. The van der Waals surface area contributed by atoms with Crippen LogP contribution in [0, 0.1) is 0 Å². The van der Waals surface area contributed by atoms with Crippen molar-refractivity contribution in [1.29, 1.82) is 0 Å². The van der Waals surface area contributed by atoms with E-state index < -0.39 is 0 Å². The van der Waals surface area contributed by atoms with Crippen LogP contribution in [0.2, 0.25) is 0 Å². The van der Waals surface area contributed by atoms with Crippen molar-refractivity contribution in [2.24, 2.45) is 0 Å². The highest BCUT2D eigenvalue weighted by molar-refractivity contribution is 9.09. The highest BCUT2D eigenvalue weighted by atomic mass is 79.9. The minimum atomic E-state index is -0.322. The zero-order valence-electron chi connectivity index (χ0n) is 8.80. The molecule has 0 fully saturated rings. The molecule has 2 nitrogen and oxygen atoms in total. The van der Waals surface area contributed by atoms with Crippen LogP contribution in [-0.2, 0) is 9.53 Å². The molecule has 3 heteroatoms. The van der Waals surface area contributed by atoms with Crippen LogP contribution >= 0.6 is 15.9 Å². The van der Waals surface area contributed by atoms with Crippen molar-refractivity contribution in [2.75, 3.05) is 11.9 Å². The number of hydrogen-bond acceptors (Lipinski definition) is 2. The topological polar surface area (TPSA) is 26.3 Å². The van der Waals surface area contributed by atoms with Gasteiger partial charge in [0.05, 0.1) is 0 Å². The van der Waals surface area contributed by atoms with E-state index in [-0.39, 0.29) is 5.97 Å². The van der Waals surface area contributed by atoms with E-state index in [4.69, 9.17) is 4.74 Å². The largest absolute Gasteiger partial charge is 0.462 e. The minimum absolute atomic E-state index is 0.322. The lowest BCUT2D eigenvalue weighted by Crippen LogP contribution is -2.02. The summed E-state index contributed by atoms with van der Waals surface area (Å²) in [5.74, 6) is -0.322. The predicted molar refractivity (Wildman–Crippen MR) is 69.4 cm³/mol. The third-order valence-electron chi connectivity index (χ3n) is 1.75. The molecule has 84 valence electrons. The van der Waals surface area contributed by atoms with Gasteiger partial charge in [-0.25, -0.2) is 4.79 Å². The van der Waals surface area contributed by atoms with Crippen LogP contribution in [0.15, 0.2) is 48.6 Å². The Kier molecular flexibility index (Phi) is 6.26. The molecule has 0 heterocycles. The van der Waals surface area contributed by atoms with Gasteiger partial charge in [0.1, 0.15) is 6.61 Å². The molecule has 1 aromatic carbocycles. The standard InChI is InChI=1S/C13H13BrO2/c14-10-11-16-13(15)9-5-4-8-12-6-2-1-3-7-12/h1-9H,10-11H2/b8-4+,9-5?. The van der Waals surface area contributed by atoms with Crippen molar-refractivity contribution in [3.8, 4) is 0 Å². The van der Waals surface area contributed by atoms with E-state index in [1.165, 1.54) is 6.08 Å². The maximum Gasteiger partial charge on any atom is 0.330 e. The Morgan fingerprint density at radius 2 is 2.00 bits per heavy atom. The van der Waals surface area contributed by atoms with Gasteiger partial charge in [-0.3, -0.25) is 0 Å². The third kappa shape index (κ3) is 5.51. The summed E-state index contributed by atoms with van der Waals surface area (Å²) in [4.78, 5) is 11.0. The van der Waals surface area contributed by atoms with Gasteiger partial charge in [-0.2, -0.15) is 0 Å². The molecule has 0 aromatic heterocycles. The number of esters is 1. The zero-order chi connectivity index (χ0) is 11.6. The fraction of sp³-hybridized carbons (Fsp3) is 0.154. The summed E-state index contributed by atoms with van der Waals surface area (Å²) in [5.41, 5.74) is 1.10. The molecule has 0 aliphatic rings. The Hall–Kier alpha value is -1.35. The fourth-order valence-corrected chi connectivity index (χ4v) is 1.21. The van der Waals surface area contributed by atoms with Gasteiger partial charge in [-0.15, -0.1) is 0 Å². The Morgan fingerprint density at radius 3 is 2.69 bits per heavy atom. The lowest BCUT2D eigenvalue weighted by atomic mass is 10.2. The molecule has 1 rings (SSSR count). The summed E-state index contributed by atoms with van der Waals surface area (Å²) in [6, 6.07) is 9.88. The van der Waals surface area contributed by atoms with Crippen molar-refractivity contribution in [1.82, 2.24) is 0 Å². The molecule has 1 aromatic rings. The number of hydrogen-bond donors (Lipinski definition) is 0. The van der Waals surface area contributed by atoms with Gasteiger partial charge in [0.2, 0.25) is 0 Å². The Bertz CT molecular complexity index is 369. The second-order valence-corrected chi connectivity index (χ2v) is 3.78. The second kappa shape index (κ2) is 7.88. The molecule has 0 atom stereocenters. The van der Waals surface area contributed by atoms with E-state index in [1.807, 2.05) is 42.5 Å². The van der Waals surface area contributed by atoms with Crippen LogP contribution in [0.25, 0.3) is 6.08 Å². The zero-order valence-corrected chi connectivity index (χ0v) is 10.4. The summed E-state index contributed by atoms with van der Waals surface area (Å²) >= 11 is 3.17. The first-order valence-electron chi connectivity index (χ1n) is 4.95. The van der Waals surface area contributed by atoms with E-state index >= 15 is 0 Å². The van der Waals surface area contributed by atoms with E-state index in [9.17, 15) is 4.79 Å². The molecule has 0 radical (unpaired) electrons. The molecule has 0 amide bonds. The Labute approximate surface area is 104 Å². The minimum Gasteiger partial charge on any atom is -0.462 e. The highest BCUT2D eigenvalue weighted by Crippen LogP contribution is 2.00. The van der Waals surface area contributed by atoms with Gasteiger partial charge in [0.15, 0.2) is 0 Å². The average molecular weight is 281 g/mol. The van der Waals surface area contributed by atoms with Crippen LogP contribution in [0.3, 0.4) is 0 Å². The number of carbonyl (C=O) groups is 1. The number of halogens is 1. The molecule has 0 saturated carbocycles. The lowest BCUT2D eigenvalue weighted by molar-refractivity contribution is -0.137. The molecule has 0 spiro atoms. The van der Waals surface area contributed by atoms with Crippen molar-refractivity contribution < 1.29 is 9.53 Å². The molecule has 0 saturated heterocycles. The van der Waals surface area contributed by atoms with Crippen LogP contribution in [-0.4, -0.2) is 17.9 Å². The van der Waals surface area contributed by atoms with Gasteiger partial charge >= 0.3 is 5.97 Å². The smallest absolute Gasteiger partial charge is 0.330 e. The molecule has 0 aliphatic carbocycles. The van der Waals surface area contributed by atoms with Crippen molar-refractivity contribution in [3.63, 3.8) is 0 Å². The quantitative estimate of drug-likeness (QED) is 0.358. The fourth-order valence-electron chi connectivity index (χ4n) is 1.05. The summed E-state index contributed by atoms with van der Waals surface area (Å²) in [6.45, 7) is 0.394. The second-order valence-electron chi connectivity index (χ2n) is 2.99. The van der Waals surface area contributed by atoms with Crippen LogP contribution in [0.5, 0.6) is 0 Å². The predicted octanol–water partition coefficient (Wildman–Crippen LogP) is 3.19. The SMILES string of the molecule is O=C(C=C/C=C/c1ccccc1)OCCBr. The number of ether oxygens (including phenoxy) is 1. The van der Waals surface area contributed by atoms with Gasteiger partial charge in [0.25, 0.3) is 0 Å². The van der Waals surface area contributed by atoms with Crippen molar-refractivity contribution in [2.45, 2.75) is 0 Å². The number of rotatable bonds is 5. The number of carbonyl (C=O) groups excluding carboxylic acids is 1. The molecule has 0 unspecified atom stereocenters. The maximum atomic E-state index is 11.0. The van der Waals surface area contributed by atoms with E-state index in [0.29, 0.717) is 11.9 Å². The van der Waals surface area contributed by atoms with E-state index in [2.05, 4.69) is 15.9 Å². The lowest BCUT2D eigenvalue weighted by Gasteiger charge is -1.95. The summed E-state index contributed by atoms with van der Waals surface area (Å²) in [7, 11) is 0. The Morgan fingerprint density at radius 1 is 1.25 bits per heavy atom. The van der Waals surface area contributed by atoms with E-state index in [0.717, 1.165) is 5.56 Å². The average Bonchev–Trinajstić information content (AvgIpc) is 2.33. The normalized spacial score (nSPS) is 11.1. The molecule has 0 aliphatic heterocycles. The van der Waals surface area contributed by atoms with Crippen LogP contribution < -0.4 is 0 Å². The molecule has 0 bridgehead atoms. The van der Waals surface area contributed by atoms with Crippen molar-refractivity contribution in [3.05, 3.63) is 54.1 Å². The first kappa shape index (κ1) is 12.7. The summed E-state index contributed by atoms with van der Waals surface area (Å²) < 4.78 is 4.84. The van der Waals surface area contributed by atoms with Crippen LogP contribution in [0.4, 0.5) is 0 Å². The highest BCUT2D eigenvalue weighted by Gasteiger charge is 1.92. The van der Waals surface area contributed by atoms with Gasteiger partial charge in [-0.05, 0) is 5.56 Å². The first-order chi connectivity index (χ1) is 7.83. The third-order valence-corrected chi connectivity index (χ3v) is 2.08. The monoisotopic (exact) mass is 280 g/mol. The number of benzene rings is 1. The molecule has 16 heavy (non-hydrogen) atoms. The molecule has 0 N–H and O–H groups in total. The van der Waals surface area contributed by atoms with Gasteiger partial charge in [0, 0.05) is 11.4 Å². The summed E-state index contributed by atoms with van der Waals surface area (Å²) in [6.07, 6.45) is 6.81. The molecular weight excluding hydrogens is 268 g/mol. The van der Waals surface area contributed by atoms with Gasteiger partial charge in [-0.1, -0.05) is 64.5 Å². The number of allylic oxidation sites excluding steroid dienone is 2. The van der Waals surface area contributed by atoms with Crippen molar-refractivity contribution >= 4 is 28.0 Å². The Balaban J connectivity index is 2.36.